The minimum absolute atomic E-state index is 0.594. The Morgan fingerprint density at radius 1 is 0.703 bits per heavy atom. The van der Waals surface area contributed by atoms with Crippen molar-refractivity contribution < 1.29 is 0 Å². The van der Waals surface area contributed by atoms with Gasteiger partial charge in [-0.3, -0.25) is 4.57 Å². The molecule has 0 aliphatic carbocycles. The van der Waals surface area contributed by atoms with Crippen LogP contribution in [0.3, 0.4) is 0 Å². The van der Waals surface area contributed by atoms with Gasteiger partial charge in [-0.05, 0) is 36.8 Å². The number of pyridine rings is 1. The van der Waals surface area contributed by atoms with E-state index in [1.54, 1.807) is 6.20 Å². The van der Waals surface area contributed by atoms with Crippen molar-refractivity contribution in [3.8, 4) is 0 Å². The van der Waals surface area contributed by atoms with Crippen molar-refractivity contribution in [1.82, 2.24) is 9.55 Å². The second-order valence-electron chi connectivity index (χ2n) is 8.95. The lowest BCUT2D eigenvalue weighted by atomic mass is 10.1. The first kappa shape index (κ1) is 21.7. The SMILES string of the molecule is CC(=NC(=Nc1ccccn1)n1c2ccccc2c2ccc3c4ccccc4sc3c21)c1ccccc1. The summed E-state index contributed by atoms with van der Waals surface area (Å²) in [6.45, 7) is 2.03. The van der Waals surface area contributed by atoms with Gasteiger partial charge in [0.15, 0.2) is 5.82 Å². The van der Waals surface area contributed by atoms with Gasteiger partial charge in [-0.1, -0.05) is 84.9 Å². The van der Waals surface area contributed by atoms with Gasteiger partial charge in [0, 0.05) is 38.2 Å². The molecule has 0 aliphatic rings. The number of benzene rings is 4. The van der Waals surface area contributed by atoms with E-state index in [1.807, 2.05) is 54.7 Å². The Labute approximate surface area is 217 Å². The van der Waals surface area contributed by atoms with Crippen molar-refractivity contribution in [1.29, 1.82) is 0 Å². The quantitative estimate of drug-likeness (QED) is 0.175. The standard InChI is InChI=1S/C32H22N4S/c1-21(22-11-3-2-4-12-22)34-32(35-29-17-9-10-20-33-29)36-27-15-7-5-13-23(27)25-18-19-26-24-14-6-8-16-28(24)37-31(26)30(25)36/h2-20H,1H3. The molecule has 4 aromatic carbocycles. The number of nitrogens with zero attached hydrogens (tertiary/aromatic N) is 4. The molecule has 4 nitrogen and oxygen atoms in total. The lowest BCUT2D eigenvalue weighted by Gasteiger charge is -2.10. The van der Waals surface area contributed by atoms with E-state index in [0.29, 0.717) is 11.8 Å². The van der Waals surface area contributed by atoms with E-state index in [9.17, 15) is 0 Å². The van der Waals surface area contributed by atoms with Crippen LogP contribution in [0.15, 0.2) is 125 Å². The van der Waals surface area contributed by atoms with Crippen LogP contribution >= 0.6 is 11.3 Å². The Bertz CT molecular complexity index is 1980. The van der Waals surface area contributed by atoms with Crippen LogP contribution < -0.4 is 0 Å². The van der Waals surface area contributed by atoms with Crippen LogP contribution in [0.4, 0.5) is 5.82 Å². The molecule has 0 saturated heterocycles. The van der Waals surface area contributed by atoms with E-state index < -0.39 is 0 Å². The summed E-state index contributed by atoms with van der Waals surface area (Å²) in [6.07, 6.45) is 1.76. The molecule has 0 atom stereocenters. The normalized spacial score (nSPS) is 12.8. The van der Waals surface area contributed by atoms with Gasteiger partial charge in [0.25, 0.3) is 0 Å². The van der Waals surface area contributed by atoms with Gasteiger partial charge in [0.05, 0.1) is 15.7 Å². The summed E-state index contributed by atoms with van der Waals surface area (Å²) in [7, 11) is 0. The van der Waals surface area contributed by atoms with E-state index in [4.69, 9.17) is 9.98 Å². The van der Waals surface area contributed by atoms with E-state index in [1.165, 1.54) is 30.9 Å². The van der Waals surface area contributed by atoms with Crippen molar-refractivity contribution in [2.75, 3.05) is 0 Å². The molecular formula is C32H22N4S. The highest BCUT2D eigenvalue weighted by atomic mass is 32.1. The van der Waals surface area contributed by atoms with Crippen molar-refractivity contribution in [3.05, 3.63) is 121 Å². The molecule has 7 aromatic rings. The highest BCUT2D eigenvalue weighted by Gasteiger charge is 2.19. The summed E-state index contributed by atoms with van der Waals surface area (Å²) in [6, 6.07) is 37.6. The number of hydrogen-bond acceptors (Lipinski definition) is 3. The van der Waals surface area contributed by atoms with Gasteiger partial charge >= 0.3 is 0 Å². The van der Waals surface area contributed by atoms with Crippen LogP contribution in [0.25, 0.3) is 42.0 Å². The predicted octanol–water partition coefficient (Wildman–Crippen LogP) is 8.60. The molecule has 0 bridgehead atoms. The number of fused-ring (bicyclic) bond motifs is 7. The number of thiophene rings is 1. The first-order valence-electron chi connectivity index (χ1n) is 12.2. The third-order valence-electron chi connectivity index (χ3n) is 6.70. The summed E-state index contributed by atoms with van der Waals surface area (Å²) < 4.78 is 4.72. The highest BCUT2D eigenvalue weighted by molar-refractivity contribution is 7.26. The van der Waals surface area contributed by atoms with Crippen molar-refractivity contribution in [2.45, 2.75) is 6.92 Å². The molecule has 7 rings (SSSR count). The molecule has 0 aliphatic heterocycles. The fourth-order valence-electron chi connectivity index (χ4n) is 4.98. The number of hydrogen-bond donors (Lipinski definition) is 0. The lowest BCUT2D eigenvalue weighted by Crippen LogP contribution is -2.12. The molecule has 0 fully saturated rings. The predicted molar refractivity (Wildman–Crippen MR) is 158 cm³/mol. The summed E-state index contributed by atoms with van der Waals surface area (Å²) in [5, 5.41) is 4.89. The van der Waals surface area contributed by atoms with Gasteiger partial charge in [0.2, 0.25) is 5.96 Å². The van der Waals surface area contributed by atoms with Gasteiger partial charge in [-0.25, -0.2) is 9.98 Å². The number of rotatable bonds is 2. The maximum atomic E-state index is 5.14. The summed E-state index contributed by atoms with van der Waals surface area (Å²) in [4.78, 5) is 14.7. The van der Waals surface area contributed by atoms with Crippen LogP contribution in [0.5, 0.6) is 0 Å². The Hall–Kier alpha value is -4.61. The molecule has 0 unspecified atom stereocenters. The van der Waals surface area contributed by atoms with Gasteiger partial charge in [-0.15, -0.1) is 11.3 Å². The number of aromatic nitrogens is 2. The summed E-state index contributed by atoms with van der Waals surface area (Å²) in [5.41, 5.74) is 4.15. The van der Waals surface area contributed by atoms with E-state index in [2.05, 4.69) is 82.3 Å². The molecule has 0 radical (unpaired) electrons. The second kappa shape index (κ2) is 8.80. The Morgan fingerprint density at radius 3 is 2.27 bits per heavy atom. The minimum atomic E-state index is 0.594. The Morgan fingerprint density at radius 2 is 1.43 bits per heavy atom. The zero-order chi connectivity index (χ0) is 24.8. The average Bonchev–Trinajstić information content (AvgIpc) is 3.50. The fourth-order valence-corrected chi connectivity index (χ4v) is 6.22. The maximum Gasteiger partial charge on any atom is 0.236 e. The molecule has 0 spiro atoms. The molecule has 0 amide bonds. The topological polar surface area (TPSA) is 42.5 Å². The van der Waals surface area contributed by atoms with E-state index >= 15 is 0 Å². The molecular weight excluding hydrogens is 472 g/mol. The third kappa shape index (κ3) is 3.63. The second-order valence-corrected chi connectivity index (χ2v) is 10.0. The largest absolute Gasteiger partial charge is 0.276 e. The molecule has 3 aromatic heterocycles. The smallest absolute Gasteiger partial charge is 0.236 e. The van der Waals surface area contributed by atoms with E-state index in [-0.39, 0.29) is 0 Å². The van der Waals surface area contributed by atoms with Gasteiger partial charge < -0.3 is 0 Å². The maximum absolute atomic E-state index is 5.14. The number of aliphatic imine (C=N–C) groups is 2. The molecule has 0 N–H and O–H groups in total. The van der Waals surface area contributed by atoms with Crippen molar-refractivity contribution in [3.63, 3.8) is 0 Å². The molecule has 3 heterocycles. The monoisotopic (exact) mass is 494 g/mol. The molecule has 176 valence electrons. The summed E-state index contributed by atoms with van der Waals surface area (Å²) >= 11 is 1.82. The molecule has 37 heavy (non-hydrogen) atoms. The first-order chi connectivity index (χ1) is 18.3. The zero-order valence-electron chi connectivity index (χ0n) is 20.2. The van der Waals surface area contributed by atoms with Crippen LogP contribution in [0, 0.1) is 0 Å². The van der Waals surface area contributed by atoms with Crippen molar-refractivity contribution >= 4 is 70.8 Å². The Balaban J connectivity index is 1.62. The average molecular weight is 495 g/mol. The zero-order valence-corrected chi connectivity index (χ0v) is 21.0. The van der Waals surface area contributed by atoms with Gasteiger partial charge in [-0.2, -0.15) is 4.99 Å². The highest BCUT2D eigenvalue weighted by Crippen LogP contribution is 2.41. The van der Waals surface area contributed by atoms with Crippen LogP contribution in [-0.2, 0) is 0 Å². The molecule has 5 heteroatoms. The van der Waals surface area contributed by atoms with Gasteiger partial charge in [0.1, 0.15) is 0 Å². The van der Waals surface area contributed by atoms with Crippen molar-refractivity contribution in [2.24, 2.45) is 9.98 Å². The number of para-hydroxylation sites is 1. The minimum Gasteiger partial charge on any atom is -0.276 e. The Kier molecular flexibility index (Phi) is 5.15. The summed E-state index contributed by atoms with van der Waals surface area (Å²) in [5.74, 6) is 1.22. The van der Waals surface area contributed by atoms with Crippen LogP contribution in [0.2, 0.25) is 0 Å². The van der Waals surface area contributed by atoms with E-state index in [0.717, 1.165) is 22.3 Å². The molecule has 0 saturated carbocycles. The third-order valence-corrected chi connectivity index (χ3v) is 7.90. The fraction of sp³-hybridized carbons (Fsp3) is 0.0312. The van der Waals surface area contributed by atoms with Crippen LogP contribution in [0.1, 0.15) is 12.5 Å². The van der Waals surface area contributed by atoms with Crippen LogP contribution in [-0.4, -0.2) is 21.2 Å². The lowest BCUT2D eigenvalue weighted by molar-refractivity contribution is 1.18. The first-order valence-corrected chi connectivity index (χ1v) is 13.0.